The predicted molar refractivity (Wildman–Crippen MR) is 73.2 cm³/mol. The van der Waals surface area contributed by atoms with Crippen molar-refractivity contribution in [2.45, 2.75) is 29.4 Å². The molecule has 3 heteroatoms. The van der Waals surface area contributed by atoms with Gasteiger partial charge in [-0.3, -0.25) is 4.79 Å². The summed E-state index contributed by atoms with van der Waals surface area (Å²) in [6.07, 6.45) is 9.24. The third-order valence-electron chi connectivity index (χ3n) is 3.30. The summed E-state index contributed by atoms with van der Waals surface area (Å²) in [5, 5.41) is 9.66. The molecule has 1 aromatic carbocycles. The average molecular weight is 258 g/mol. The summed E-state index contributed by atoms with van der Waals surface area (Å²) in [5.41, 5.74) is 1.93. The van der Waals surface area contributed by atoms with Gasteiger partial charge in [0.1, 0.15) is 5.75 Å². The molecule has 0 bridgehead atoms. The molecule has 0 unspecified atom stereocenters. The second-order valence-corrected chi connectivity index (χ2v) is 5.84. The molecule has 2 aliphatic rings. The van der Waals surface area contributed by atoms with Gasteiger partial charge in [-0.05, 0) is 36.6 Å². The first kappa shape index (κ1) is 11.6. The molecule has 1 aromatic rings. The molecule has 1 N–H and O–H groups in total. The van der Waals surface area contributed by atoms with E-state index in [9.17, 15) is 9.90 Å². The van der Waals surface area contributed by atoms with Crippen LogP contribution in [0.1, 0.15) is 29.6 Å². The number of carbonyl (C=O) groups is 1. The minimum absolute atomic E-state index is 0.129. The maximum atomic E-state index is 12.1. The highest BCUT2D eigenvalue weighted by Gasteiger charge is 2.27. The molecule has 0 spiro atoms. The number of rotatable bonds is 1. The lowest BCUT2D eigenvalue weighted by molar-refractivity contribution is 0.0979. The summed E-state index contributed by atoms with van der Waals surface area (Å²) in [6.45, 7) is 0. The van der Waals surface area contributed by atoms with Crippen molar-refractivity contribution in [1.82, 2.24) is 0 Å². The van der Waals surface area contributed by atoms with Gasteiger partial charge in [-0.2, -0.15) is 0 Å². The fourth-order valence-electron chi connectivity index (χ4n) is 2.37. The van der Waals surface area contributed by atoms with Crippen LogP contribution in [0.15, 0.2) is 46.9 Å². The topological polar surface area (TPSA) is 37.3 Å². The molecule has 0 saturated heterocycles. The molecule has 3 rings (SSSR count). The summed E-state index contributed by atoms with van der Waals surface area (Å²) in [6, 6.07) is 5.06. The number of allylic oxidation sites excluding steroid dienone is 3. The zero-order chi connectivity index (χ0) is 12.5. The van der Waals surface area contributed by atoms with Gasteiger partial charge in [0.2, 0.25) is 0 Å². The van der Waals surface area contributed by atoms with Crippen LogP contribution in [0.3, 0.4) is 0 Å². The van der Waals surface area contributed by atoms with Crippen molar-refractivity contribution >= 4 is 17.5 Å². The second-order valence-electron chi connectivity index (χ2n) is 4.60. The molecule has 0 amide bonds. The Hall–Kier alpha value is -1.48. The van der Waals surface area contributed by atoms with Crippen LogP contribution < -0.4 is 0 Å². The van der Waals surface area contributed by atoms with Crippen molar-refractivity contribution in [3.05, 3.63) is 47.6 Å². The third-order valence-corrected chi connectivity index (χ3v) is 4.63. The maximum Gasteiger partial charge on any atom is 0.165 e. The van der Waals surface area contributed by atoms with Gasteiger partial charge in [0.05, 0.1) is 0 Å². The summed E-state index contributed by atoms with van der Waals surface area (Å²) in [7, 11) is 0. The van der Waals surface area contributed by atoms with E-state index in [2.05, 4.69) is 18.2 Å². The highest BCUT2D eigenvalue weighted by Crippen LogP contribution is 2.40. The van der Waals surface area contributed by atoms with Crippen LogP contribution in [0.2, 0.25) is 0 Å². The third kappa shape index (κ3) is 2.10. The lowest BCUT2D eigenvalue weighted by Crippen LogP contribution is -2.19. The largest absolute Gasteiger partial charge is 0.508 e. The number of phenolic OH excluding ortho intramolecular Hbond substituents is 1. The Bertz CT molecular complexity index is 558. The Morgan fingerprint density at radius 1 is 1.28 bits per heavy atom. The van der Waals surface area contributed by atoms with Crippen LogP contribution in [0, 0.1) is 0 Å². The molecular formula is C15H14O2S. The summed E-state index contributed by atoms with van der Waals surface area (Å²) >= 11 is 1.72. The van der Waals surface area contributed by atoms with E-state index >= 15 is 0 Å². The van der Waals surface area contributed by atoms with Gasteiger partial charge in [0, 0.05) is 22.1 Å². The number of aromatic hydroxyl groups is 1. The van der Waals surface area contributed by atoms with E-state index in [1.165, 1.54) is 5.57 Å². The lowest BCUT2D eigenvalue weighted by Gasteiger charge is -2.25. The van der Waals surface area contributed by atoms with E-state index in [0.29, 0.717) is 12.0 Å². The smallest absolute Gasteiger partial charge is 0.165 e. The van der Waals surface area contributed by atoms with Crippen LogP contribution in [-0.2, 0) is 0 Å². The lowest BCUT2D eigenvalue weighted by atomic mass is 9.97. The number of phenols is 1. The van der Waals surface area contributed by atoms with Crippen molar-refractivity contribution in [2.75, 3.05) is 0 Å². The zero-order valence-electron chi connectivity index (χ0n) is 9.93. The Balaban J connectivity index is 1.92. The molecule has 1 atom stereocenters. The van der Waals surface area contributed by atoms with E-state index in [0.717, 1.165) is 17.7 Å². The van der Waals surface area contributed by atoms with Gasteiger partial charge in [0.15, 0.2) is 5.78 Å². The predicted octanol–water partition coefficient (Wildman–Crippen LogP) is 3.72. The fraction of sp³-hybridized carbons (Fsp3) is 0.267. The van der Waals surface area contributed by atoms with Gasteiger partial charge in [-0.1, -0.05) is 18.2 Å². The second kappa shape index (κ2) is 4.65. The highest BCUT2D eigenvalue weighted by molar-refractivity contribution is 8.00. The van der Waals surface area contributed by atoms with Crippen molar-refractivity contribution in [2.24, 2.45) is 0 Å². The Morgan fingerprint density at radius 3 is 2.94 bits per heavy atom. The summed E-state index contributed by atoms with van der Waals surface area (Å²) < 4.78 is 0. The molecule has 1 heterocycles. The van der Waals surface area contributed by atoms with Crippen LogP contribution in [0.4, 0.5) is 0 Å². The highest BCUT2D eigenvalue weighted by atomic mass is 32.2. The first-order chi connectivity index (χ1) is 8.74. The number of hydrogen-bond donors (Lipinski definition) is 1. The molecule has 0 radical (unpaired) electrons. The quantitative estimate of drug-likeness (QED) is 0.834. The van der Waals surface area contributed by atoms with Gasteiger partial charge < -0.3 is 5.11 Å². The number of fused-ring (bicyclic) bond motifs is 1. The van der Waals surface area contributed by atoms with Crippen molar-refractivity contribution < 1.29 is 9.90 Å². The SMILES string of the molecule is O=C1C[C@H](C2=CCCC=C2)Sc2ccc(O)cc21. The van der Waals surface area contributed by atoms with E-state index in [-0.39, 0.29) is 16.8 Å². The number of Topliss-reactive ketones (excluding diaryl/α,β-unsaturated/α-hetero) is 1. The number of ketones is 1. The molecule has 18 heavy (non-hydrogen) atoms. The normalized spacial score (nSPS) is 22.6. The van der Waals surface area contributed by atoms with Crippen molar-refractivity contribution in [3.8, 4) is 5.75 Å². The van der Waals surface area contributed by atoms with Gasteiger partial charge in [0.25, 0.3) is 0 Å². The Labute approximate surface area is 110 Å². The van der Waals surface area contributed by atoms with E-state index in [4.69, 9.17) is 0 Å². The maximum absolute atomic E-state index is 12.1. The molecule has 0 fully saturated rings. The summed E-state index contributed by atoms with van der Waals surface area (Å²) in [5.74, 6) is 0.294. The monoisotopic (exact) mass is 258 g/mol. The van der Waals surface area contributed by atoms with E-state index in [1.807, 2.05) is 6.07 Å². The molecule has 0 aromatic heterocycles. The number of carbonyl (C=O) groups excluding carboxylic acids is 1. The molecule has 2 nitrogen and oxygen atoms in total. The van der Waals surface area contributed by atoms with Crippen LogP contribution in [0.25, 0.3) is 0 Å². The molecular weight excluding hydrogens is 244 g/mol. The van der Waals surface area contributed by atoms with Crippen LogP contribution in [-0.4, -0.2) is 16.1 Å². The Morgan fingerprint density at radius 2 is 2.17 bits per heavy atom. The number of benzene rings is 1. The molecule has 1 aliphatic carbocycles. The fourth-order valence-corrected chi connectivity index (χ4v) is 3.67. The standard InChI is InChI=1S/C15H14O2S/c16-11-6-7-14-12(8-11)13(17)9-15(18-14)10-4-2-1-3-5-10/h2,4-8,15-16H,1,3,9H2/t15-/m1/s1. The average Bonchev–Trinajstić information content (AvgIpc) is 2.40. The zero-order valence-corrected chi connectivity index (χ0v) is 10.7. The van der Waals surface area contributed by atoms with Crippen molar-refractivity contribution in [1.29, 1.82) is 0 Å². The number of thioether (sulfide) groups is 1. The van der Waals surface area contributed by atoms with Crippen LogP contribution >= 0.6 is 11.8 Å². The molecule has 0 saturated carbocycles. The van der Waals surface area contributed by atoms with Crippen LogP contribution in [0.5, 0.6) is 5.75 Å². The first-order valence-electron chi connectivity index (χ1n) is 6.13. The van der Waals surface area contributed by atoms with E-state index in [1.54, 1.807) is 23.9 Å². The number of hydrogen-bond acceptors (Lipinski definition) is 3. The minimum Gasteiger partial charge on any atom is -0.508 e. The molecule has 1 aliphatic heterocycles. The Kier molecular flexibility index (Phi) is 3.00. The van der Waals surface area contributed by atoms with Gasteiger partial charge >= 0.3 is 0 Å². The van der Waals surface area contributed by atoms with Gasteiger partial charge in [-0.25, -0.2) is 0 Å². The molecule has 92 valence electrons. The van der Waals surface area contributed by atoms with Gasteiger partial charge in [-0.15, -0.1) is 11.8 Å². The minimum atomic E-state index is 0.129. The van der Waals surface area contributed by atoms with E-state index < -0.39 is 0 Å². The van der Waals surface area contributed by atoms with Crippen molar-refractivity contribution in [3.63, 3.8) is 0 Å². The first-order valence-corrected chi connectivity index (χ1v) is 7.01. The summed E-state index contributed by atoms with van der Waals surface area (Å²) in [4.78, 5) is 13.1.